The van der Waals surface area contributed by atoms with Crippen molar-refractivity contribution in [3.8, 4) is 5.75 Å². The van der Waals surface area contributed by atoms with E-state index in [1.54, 1.807) is 14.2 Å². The minimum atomic E-state index is 0. The number of methoxy groups -OCH3 is 2. The van der Waals surface area contributed by atoms with Crippen molar-refractivity contribution in [2.75, 3.05) is 53.6 Å². The second-order valence-electron chi connectivity index (χ2n) is 7.09. The van der Waals surface area contributed by atoms with Crippen LogP contribution >= 0.6 is 24.0 Å². The normalized spacial score (nSPS) is 15.1. The van der Waals surface area contributed by atoms with Crippen LogP contribution in [-0.2, 0) is 15.9 Å². The maximum absolute atomic E-state index is 5.96. The maximum Gasteiger partial charge on any atom is 0.193 e. The number of hydrogen-bond donors (Lipinski definition) is 1. The molecule has 0 radical (unpaired) electrons. The summed E-state index contributed by atoms with van der Waals surface area (Å²) in [5.41, 5.74) is 1.30. The first kappa shape index (κ1) is 26.0. The Labute approximate surface area is 193 Å². The quantitative estimate of drug-likeness (QED) is 0.209. The molecule has 0 spiro atoms. The molecule has 7 heteroatoms. The van der Waals surface area contributed by atoms with E-state index in [1.165, 1.54) is 5.56 Å². The Morgan fingerprint density at radius 3 is 2.66 bits per heavy atom. The molecule has 1 aliphatic rings. The van der Waals surface area contributed by atoms with Crippen molar-refractivity contribution in [3.05, 3.63) is 29.8 Å². The molecule has 0 saturated carbocycles. The van der Waals surface area contributed by atoms with Gasteiger partial charge in [0.25, 0.3) is 0 Å². The summed E-state index contributed by atoms with van der Waals surface area (Å²) in [7, 11) is 3.44. The molecule has 0 atom stereocenters. The van der Waals surface area contributed by atoms with Crippen LogP contribution in [0.2, 0.25) is 0 Å². The number of piperidine rings is 1. The molecule has 0 aromatic heterocycles. The molecular weight excluding hydrogens is 481 g/mol. The van der Waals surface area contributed by atoms with Gasteiger partial charge in [0.2, 0.25) is 0 Å². The van der Waals surface area contributed by atoms with Gasteiger partial charge in [-0.3, -0.25) is 4.99 Å². The summed E-state index contributed by atoms with van der Waals surface area (Å²) in [6.07, 6.45) is 5.49. The number of ether oxygens (including phenoxy) is 3. The van der Waals surface area contributed by atoms with E-state index in [-0.39, 0.29) is 24.0 Å². The molecule has 166 valence electrons. The highest BCUT2D eigenvalue weighted by atomic mass is 127. The maximum atomic E-state index is 5.96. The molecule has 29 heavy (non-hydrogen) atoms. The standard InChI is InChI=1S/C22H37N3O3.HI/c1-4-23-22(24-13-6-9-19-8-5-10-21(18-19)27-3)25-14-11-20(12-15-25)28-17-7-16-26-2;/h5,8,10,18,20H,4,6-7,9,11-17H2,1-3H3,(H,23,24);1H. The van der Waals surface area contributed by atoms with Crippen LogP contribution in [0.15, 0.2) is 29.3 Å². The van der Waals surface area contributed by atoms with E-state index in [9.17, 15) is 0 Å². The van der Waals surface area contributed by atoms with Gasteiger partial charge in [-0.2, -0.15) is 0 Å². The van der Waals surface area contributed by atoms with Gasteiger partial charge in [0, 0.05) is 46.5 Å². The van der Waals surface area contributed by atoms with Crippen molar-refractivity contribution >= 4 is 29.9 Å². The number of rotatable bonds is 11. The average molecular weight is 519 g/mol. The lowest BCUT2D eigenvalue weighted by Crippen LogP contribution is -2.47. The Kier molecular flexibility index (Phi) is 14.1. The van der Waals surface area contributed by atoms with Crippen LogP contribution in [0.25, 0.3) is 0 Å². The molecule has 1 N–H and O–H groups in total. The van der Waals surface area contributed by atoms with Crippen LogP contribution in [0, 0.1) is 0 Å². The predicted molar refractivity (Wildman–Crippen MR) is 130 cm³/mol. The number of guanidine groups is 1. The second kappa shape index (κ2) is 15.7. The van der Waals surface area contributed by atoms with Crippen molar-refractivity contribution in [2.45, 2.75) is 45.1 Å². The Morgan fingerprint density at radius 2 is 1.97 bits per heavy atom. The zero-order valence-electron chi connectivity index (χ0n) is 18.2. The highest BCUT2D eigenvalue weighted by molar-refractivity contribution is 14.0. The van der Waals surface area contributed by atoms with Gasteiger partial charge in [0.1, 0.15) is 5.75 Å². The zero-order valence-corrected chi connectivity index (χ0v) is 20.5. The van der Waals surface area contributed by atoms with Gasteiger partial charge in [0.05, 0.1) is 13.2 Å². The number of aliphatic imine (C=N–C) groups is 1. The SMILES string of the molecule is CCNC(=NCCCc1cccc(OC)c1)N1CCC(OCCCOC)CC1.I. The zero-order chi connectivity index (χ0) is 20.0. The molecule has 0 amide bonds. The number of aryl methyl sites for hydroxylation is 1. The molecular formula is C22H38IN3O3. The van der Waals surface area contributed by atoms with E-state index in [0.717, 1.165) is 83.2 Å². The summed E-state index contributed by atoms with van der Waals surface area (Å²) < 4.78 is 16.3. The van der Waals surface area contributed by atoms with E-state index in [2.05, 4.69) is 29.3 Å². The van der Waals surface area contributed by atoms with Gasteiger partial charge in [-0.15, -0.1) is 24.0 Å². The molecule has 1 aliphatic heterocycles. The van der Waals surface area contributed by atoms with E-state index in [1.807, 2.05) is 12.1 Å². The van der Waals surface area contributed by atoms with E-state index in [4.69, 9.17) is 19.2 Å². The number of nitrogens with zero attached hydrogens (tertiary/aromatic N) is 2. The van der Waals surface area contributed by atoms with Gasteiger partial charge in [-0.05, 0) is 56.7 Å². The van der Waals surface area contributed by atoms with Gasteiger partial charge in [0.15, 0.2) is 5.96 Å². The van der Waals surface area contributed by atoms with Gasteiger partial charge >= 0.3 is 0 Å². The fraction of sp³-hybridized carbons (Fsp3) is 0.682. The van der Waals surface area contributed by atoms with Crippen molar-refractivity contribution in [1.29, 1.82) is 0 Å². The van der Waals surface area contributed by atoms with Crippen molar-refractivity contribution < 1.29 is 14.2 Å². The molecule has 1 heterocycles. The van der Waals surface area contributed by atoms with Crippen LogP contribution in [0.3, 0.4) is 0 Å². The molecule has 0 aliphatic carbocycles. The van der Waals surface area contributed by atoms with Crippen LogP contribution in [0.4, 0.5) is 0 Å². The van der Waals surface area contributed by atoms with Crippen molar-refractivity contribution in [2.24, 2.45) is 4.99 Å². The minimum Gasteiger partial charge on any atom is -0.497 e. The Bertz CT molecular complexity index is 578. The summed E-state index contributed by atoms with van der Waals surface area (Å²) in [6, 6.07) is 8.28. The summed E-state index contributed by atoms with van der Waals surface area (Å²) in [4.78, 5) is 7.21. The highest BCUT2D eigenvalue weighted by Gasteiger charge is 2.21. The lowest BCUT2D eigenvalue weighted by Gasteiger charge is -2.34. The molecule has 1 aromatic rings. The van der Waals surface area contributed by atoms with E-state index < -0.39 is 0 Å². The molecule has 1 fully saturated rings. The number of halogens is 1. The van der Waals surface area contributed by atoms with Gasteiger partial charge < -0.3 is 24.4 Å². The van der Waals surface area contributed by atoms with Gasteiger partial charge in [-0.1, -0.05) is 12.1 Å². The number of benzene rings is 1. The monoisotopic (exact) mass is 519 g/mol. The number of likely N-dealkylation sites (tertiary alicyclic amines) is 1. The first-order valence-electron chi connectivity index (χ1n) is 10.5. The molecule has 0 bridgehead atoms. The third-order valence-corrected chi connectivity index (χ3v) is 4.94. The summed E-state index contributed by atoms with van der Waals surface area (Å²) in [5.74, 6) is 1.95. The molecule has 1 saturated heterocycles. The number of nitrogens with one attached hydrogen (secondary N) is 1. The van der Waals surface area contributed by atoms with Crippen LogP contribution in [0.1, 0.15) is 38.2 Å². The first-order chi connectivity index (χ1) is 13.8. The summed E-state index contributed by atoms with van der Waals surface area (Å²) in [5, 5.41) is 3.44. The fourth-order valence-electron chi connectivity index (χ4n) is 3.41. The number of hydrogen-bond acceptors (Lipinski definition) is 4. The third kappa shape index (κ3) is 10.00. The largest absolute Gasteiger partial charge is 0.497 e. The highest BCUT2D eigenvalue weighted by Crippen LogP contribution is 2.15. The lowest BCUT2D eigenvalue weighted by atomic mass is 10.1. The van der Waals surface area contributed by atoms with Crippen LogP contribution in [0.5, 0.6) is 5.75 Å². The topological polar surface area (TPSA) is 55.3 Å². The Balaban J connectivity index is 0.00000420. The minimum absolute atomic E-state index is 0. The van der Waals surface area contributed by atoms with Gasteiger partial charge in [-0.25, -0.2) is 0 Å². The van der Waals surface area contributed by atoms with E-state index >= 15 is 0 Å². The van der Waals surface area contributed by atoms with Crippen molar-refractivity contribution in [1.82, 2.24) is 10.2 Å². The lowest BCUT2D eigenvalue weighted by molar-refractivity contribution is 0.00990. The third-order valence-electron chi connectivity index (χ3n) is 4.94. The fourth-order valence-corrected chi connectivity index (χ4v) is 3.41. The molecule has 2 rings (SSSR count). The smallest absolute Gasteiger partial charge is 0.193 e. The molecule has 0 unspecified atom stereocenters. The van der Waals surface area contributed by atoms with Crippen molar-refractivity contribution in [3.63, 3.8) is 0 Å². The first-order valence-corrected chi connectivity index (χ1v) is 10.5. The molecule has 6 nitrogen and oxygen atoms in total. The van der Waals surface area contributed by atoms with Crippen LogP contribution < -0.4 is 10.1 Å². The van der Waals surface area contributed by atoms with Crippen LogP contribution in [-0.4, -0.2) is 70.6 Å². The Morgan fingerprint density at radius 1 is 1.17 bits per heavy atom. The second-order valence-corrected chi connectivity index (χ2v) is 7.09. The summed E-state index contributed by atoms with van der Waals surface area (Å²) in [6.45, 7) is 7.39. The van der Waals surface area contributed by atoms with E-state index in [0.29, 0.717) is 6.10 Å². The summed E-state index contributed by atoms with van der Waals surface area (Å²) >= 11 is 0. The predicted octanol–water partition coefficient (Wildman–Crippen LogP) is 3.73. The Hall–Kier alpha value is -1.06. The average Bonchev–Trinajstić information content (AvgIpc) is 2.74. The molecule has 1 aromatic carbocycles.